The number of nitrogens with one attached hydrogen (secondary N) is 1. The van der Waals surface area contributed by atoms with Gasteiger partial charge in [0.1, 0.15) is 0 Å². The fourth-order valence-corrected chi connectivity index (χ4v) is 2.85. The number of imidazole rings is 1. The van der Waals surface area contributed by atoms with Crippen LogP contribution in [0.1, 0.15) is 37.8 Å². The summed E-state index contributed by atoms with van der Waals surface area (Å²) in [6.45, 7) is 4.28. The number of aryl methyl sites for hydroxylation is 1. The highest BCUT2D eigenvalue weighted by atomic mass is 15.2. The molecule has 0 fully saturated rings. The van der Waals surface area contributed by atoms with Crippen LogP contribution >= 0.6 is 0 Å². The number of hydrogen-bond acceptors (Lipinski definition) is 2. The zero-order valence-electron chi connectivity index (χ0n) is 11.7. The average molecular weight is 255 g/mol. The molecule has 1 aromatic carbocycles. The molecule has 19 heavy (non-hydrogen) atoms. The van der Waals surface area contributed by atoms with Crippen LogP contribution in [0.15, 0.2) is 30.6 Å². The molecule has 0 unspecified atom stereocenters. The van der Waals surface area contributed by atoms with E-state index in [9.17, 15) is 0 Å². The van der Waals surface area contributed by atoms with Crippen LogP contribution in [0.25, 0.3) is 5.69 Å². The smallest absolute Gasteiger partial charge is 0.207 e. The third-order valence-electron chi connectivity index (χ3n) is 3.69. The van der Waals surface area contributed by atoms with Gasteiger partial charge in [0.2, 0.25) is 5.95 Å². The van der Waals surface area contributed by atoms with E-state index in [-0.39, 0.29) is 0 Å². The van der Waals surface area contributed by atoms with E-state index in [0.29, 0.717) is 6.04 Å². The lowest BCUT2D eigenvalue weighted by molar-refractivity contribution is 0.681. The summed E-state index contributed by atoms with van der Waals surface area (Å²) in [6.07, 6.45) is 8.93. The Balaban J connectivity index is 2.05. The van der Waals surface area contributed by atoms with Crippen molar-refractivity contribution < 1.29 is 0 Å². The molecule has 100 valence electrons. The fraction of sp³-hybridized carbons (Fsp3) is 0.438. The van der Waals surface area contributed by atoms with Gasteiger partial charge in [-0.1, -0.05) is 12.1 Å². The van der Waals surface area contributed by atoms with E-state index in [1.54, 1.807) is 0 Å². The average Bonchev–Trinajstić information content (AvgIpc) is 2.85. The Hall–Kier alpha value is -1.77. The SMILES string of the molecule is CC(C)Nc1nccn1-c1cccc2c1CCCC2. The lowest BCUT2D eigenvalue weighted by Gasteiger charge is -2.21. The second-order valence-corrected chi connectivity index (χ2v) is 5.54. The lowest BCUT2D eigenvalue weighted by atomic mass is 9.90. The van der Waals surface area contributed by atoms with Gasteiger partial charge in [0.15, 0.2) is 0 Å². The Morgan fingerprint density at radius 3 is 2.89 bits per heavy atom. The fourth-order valence-electron chi connectivity index (χ4n) is 2.85. The number of anilines is 1. The van der Waals surface area contributed by atoms with Crippen molar-refractivity contribution in [2.24, 2.45) is 0 Å². The van der Waals surface area contributed by atoms with Crippen molar-refractivity contribution in [2.75, 3.05) is 5.32 Å². The first-order valence-corrected chi connectivity index (χ1v) is 7.17. The summed E-state index contributed by atoms with van der Waals surface area (Å²) in [6, 6.07) is 7.03. The molecule has 3 heteroatoms. The molecule has 0 aliphatic heterocycles. The van der Waals surface area contributed by atoms with Crippen molar-refractivity contribution in [1.82, 2.24) is 9.55 Å². The predicted octanol–water partition coefficient (Wildman–Crippen LogP) is 3.57. The van der Waals surface area contributed by atoms with Gasteiger partial charge >= 0.3 is 0 Å². The minimum atomic E-state index is 0.390. The first kappa shape index (κ1) is 12.3. The number of fused-ring (bicyclic) bond motifs is 1. The Morgan fingerprint density at radius 2 is 2.05 bits per heavy atom. The molecule has 1 aliphatic rings. The van der Waals surface area contributed by atoms with Crippen LogP contribution in [0.2, 0.25) is 0 Å². The molecule has 0 bridgehead atoms. The van der Waals surface area contributed by atoms with Crippen molar-refractivity contribution >= 4 is 5.95 Å². The van der Waals surface area contributed by atoms with Crippen molar-refractivity contribution in [2.45, 2.75) is 45.6 Å². The molecule has 0 atom stereocenters. The molecule has 1 N–H and O–H groups in total. The molecule has 0 saturated carbocycles. The van der Waals surface area contributed by atoms with Gasteiger partial charge < -0.3 is 5.32 Å². The summed E-state index contributed by atoms with van der Waals surface area (Å²) >= 11 is 0. The van der Waals surface area contributed by atoms with Gasteiger partial charge in [-0.3, -0.25) is 4.57 Å². The third-order valence-corrected chi connectivity index (χ3v) is 3.69. The lowest BCUT2D eigenvalue weighted by Crippen LogP contribution is -2.15. The van der Waals surface area contributed by atoms with E-state index in [2.05, 4.69) is 53.1 Å². The van der Waals surface area contributed by atoms with Gasteiger partial charge in [-0.05, 0) is 56.7 Å². The zero-order chi connectivity index (χ0) is 13.2. The van der Waals surface area contributed by atoms with Gasteiger partial charge in [0.05, 0.1) is 5.69 Å². The molecule has 2 aromatic rings. The maximum absolute atomic E-state index is 4.43. The van der Waals surface area contributed by atoms with E-state index in [4.69, 9.17) is 0 Å². The molecule has 0 radical (unpaired) electrons. The number of aromatic nitrogens is 2. The van der Waals surface area contributed by atoms with Gasteiger partial charge in [0, 0.05) is 18.4 Å². The number of nitrogens with zero attached hydrogens (tertiary/aromatic N) is 2. The molecule has 3 nitrogen and oxygen atoms in total. The second-order valence-electron chi connectivity index (χ2n) is 5.54. The molecule has 0 spiro atoms. The Bertz CT molecular complexity index is 569. The first-order valence-electron chi connectivity index (χ1n) is 7.17. The van der Waals surface area contributed by atoms with E-state index >= 15 is 0 Å². The highest BCUT2D eigenvalue weighted by molar-refractivity contribution is 5.51. The topological polar surface area (TPSA) is 29.9 Å². The van der Waals surface area contributed by atoms with E-state index in [1.807, 2.05) is 6.20 Å². The molecular formula is C16H21N3. The summed E-state index contributed by atoms with van der Waals surface area (Å²) in [5.74, 6) is 0.939. The van der Waals surface area contributed by atoms with Crippen molar-refractivity contribution in [3.05, 3.63) is 41.7 Å². The molecule has 0 saturated heterocycles. The van der Waals surface area contributed by atoms with Gasteiger partial charge in [-0.2, -0.15) is 0 Å². The van der Waals surface area contributed by atoms with E-state index in [0.717, 1.165) is 5.95 Å². The Morgan fingerprint density at radius 1 is 1.21 bits per heavy atom. The van der Waals surface area contributed by atoms with Crippen LogP contribution in [0.5, 0.6) is 0 Å². The highest BCUT2D eigenvalue weighted by Crippen LogP contribution is 2.28. The Labute approximate surface area is 114 Å². The second kappa shape index (κ2) is 5.08. The van der Waals surface area contributed by atoms with Crippen LogP contribution in [0, 0.1) is 0 Å². The number of benzene rings is 1. The molecule has 1 aromatic heterocycles. The van der Waals surface area contributed by atoms with Crippen LogP contribution < -0.4 is 5.32 Å². The summed E-state index contributed by atoms with van der Waals surface area (Å²) in [7, 11) is 0. The molecular weight excluding hydrogens is 234 g/mol. The highest BCUT2D eigenvalue weighted by Gasteiger charge is 2.15. The largest absolute Gasteiger partial charge is 0.353 e. The minimum Gasteiger partial charge on any atom is -0.353 e. The van der Waals surface area contributed by atoms with Gasteiger partial charge in [0.25, 0.3) is 0 Å². The number of rotatable bonds is 3. The van der Waals surface area contributed by atoms with E-state index < -0.39 is 0 Å². The van der Waals surface area contributed by atoms with Crippen LogP contribution in [0.3, 0.4) is 0 Å². The third kappa shape index (κ3) is 2.37. The van der Waals surface area contributed by atoms with E-state index in [1.165, 1.54) is 42.5 Å². The zero-order valence-corrected chi connectivity index (χ0v) is 11.7. The quantitative estimate of drug-likeness (QED) is 0.908. The normalized spacial score (nSPS) is 14.5. The first-order chi connectivity index (χ1) is 9.25. The molecule has 0 amide bonds. The molecule has 1 heterocycles. The Kier molecular flexibility index (Phi) is 3.28. The van der Waals surface area contributed by atoms with Crippen LogP contribution in [0.4, 0.5) is 5.95 Å². The minimum absolute atomic E-state index is 0.390. The maximum Gasteiger partial charge on any atom is 0.207 e. The van der Waals surface area contributed by atoms with Gasteiger partial charge in [-0.15, -0.1) is 0 Å². The standard InChI is InChI=1S/C16H21N3/c1-12(2)18-16-17-10-11-19(16)15-9-5-7-13-6-3-4-8-14(13)15/h5,7,9-12H,3-4,6,8H2,1-2H3,(H,17,18). The van der Waals surface area contributed by atoms with Crippen molar-refractivity contribution in [1.29, 1.82) is 0 Å². The number of hydrogen-bond donors (Lipinski definition) is 1. The monoisotopic (exact) mass is 255 g/mol. The van der Waals surface area contributed by atoms with Crippen LogP contribution in [-0.2, 0) is 12.8 Å². The molecule has 3 rings (SSSR count). The predicted molar refractivity (Wildman–Crippen MR) is 79.0 cm³/mol. The maximum atomic E-state index is 4.43. The van der Waals surface area contributed by atoms with Crippen LogP contribution in [-0.4, -0.2) is 15.6 Å². The summed E-state index contributed by atoms with van der Waals surface area (Å²) in [4.78, 5) is 4.43. The summed E-state index contributed by atoms with van der Waals surface area (Å²) < 4.78 is 2.18. The molecule has 1 aliphatic carbocycles. The van der Waals surface area contributed by atoms with Gasteiger partial charge in [-0.25, -0.2) is 4.98 Å². The van der Waals surface area contributed by atoms with Crippen molar-refractivity contribution in [3.8, 4) is 5.69 Å². The van der Waals surface area contributed by atoms with Crippen molar-refractivity contribution in [3.63, 3.8) is 0 Å². The summed E-state index contributed by atoms with van der Waals surface area (Å²) in [5, 5.41) is 3.41. The summed E-state index contributed by atoms with van der Waals surface area (Å²) in [5.41, 5.74) is 4.30.